The molecule has 2 saturated heterocycles. The quantitative estimate of drug-likeness (QED) is 0.692. The average molecular weight is 459 g/mol. The van der Waals surface area contributed by atoms with Crippen molar-refractivity contribution in [3.8, 4) is 11.1 Å². The van der Waals surface area contributed by atoms with Crippen LogP contribution in [-0.4, -0.2) is 56.6 Å². The van der Waals surface area contributed by atoms with Crippen molar-refractivity contribution in [2.24, 2.45) is 5.41 Å². The minimum atomic E-state index is -4.06. The molecule has 3 fully saturated rings. The lowest BCUT2D eigenvalue weighted by Gasteiger charge is -2.34. The van der Waals surface area contributed by atoms with Crippen LogP contribution in [0.3, 0.4) is 0 Å². The van der Waals surface area contributed by atoms with Crippen LogP contribution in [0.5, 0.6) is 0 Å². The van der Waals surface area contributed by atoms with Crippen LogP contribution >= 0.6 is 0 Å². The van der Waals surface area contributed by atoms with E-state index in [0.29, 0.717) is 26.0 Å². The number of carbonyl (C=O) groups excluding carboxylic acids is 1. The number of hydrogen-bond acceptors (Lipinski definition) is 4. The number of amides is 1. The first kappa shape index (κ1) is 21.6. The first-order chi connectivity index (χ1) is 15.4. The first-order valence-corrected chi connectivity index (χ1v) is 12.7. The molecule has 5 rings (SSSR count). The molecule has 3 atom stereocenters. The number of carbonyl (C=O) groups is 1. The Morgan fingerprint density at radius 2 is 1.84 bits per heavy atom. The van der Waals surface area contributed by atoms with E-state index >= 15 is 0 Å². The Hall–Kier alpha value is -2.29. The fourth-order valence-electron chi connectivity index (χ4n) is 5.04. The van der Waals surface area contributed by atoms with Crippen molar-refractivity contribution >= 4 is 15.9 Å². The maximum atomic E-state index is 13.2. The summed E-state index contributed by atoms with van der Waals surface area (Å²) in [4.78, 5) is 15.0. The van der Waals surface area contributed by atoms with Gasteiger partial charge in [0.25, 0.3) is 5.91 Å². The lowest BCUT2D eigenvalue weighted by Crippen LogP contribution is -2.53. The van der Waals surface area contributed by atoms with Gasteiger partial charge >= 0.3 is 0 Å². The van der Waals surface area contributed by atoms with Gasteiger partial charge in [-0.05, 0) is 36.0 Å². The molecule has 6 nitrogen and oxygen atoms in total. The van der Waals surface area contributed by atoms with Crippen molar-refractivity contribution in [2.75, 3.05) is 19.2 Å². The summed E-state index contributed by atoms with van der Waals surface area (Å²) in [6.07, 6.45) is 2.35. The SMILES string of the molecule is O=C([C@H]1CCO1)N1CC2(CC2)[C@H](NS(=O)(=O)CF)[C@@H]1Cc1cccc(-c2ccccc2)c1. The van der Waals surface area contributed by atoms with Crippen LogP contribution in [0.25, 0.3) is 11.1 Å². The standard InChI is InChI=1S/C24H27FN2O4S/c25-16-32(29,30)26-22-20(27(15-24(22)10-11-24)23(28)21-9-12-31-21)14-17-5-4-8-19(13-17)18-6-2-1-3-7-18/h1-8,13,20-22,26H,9-12,14-16H2/t20-,21+,22+/m0/s1. The van der Waals surface area contributed by atoms with Crippen molar-refractivity contribution in [3.63, 3.8) is 0 Å². The maximum Gasteiger partial charge on any atom is 0.252 e. The molecule has 1 amide bonds. The molecule has 1 spiro atoms. The number of benzene rings is 2. The molecule has 0 bridgehead atoms. The molecule has 2 aromatic carbocycles. The number of nitrogens with zero attached hydrogens (tertiary/aromatic N) is 1. The smallest absolute Gasteiger partial charge is 0.252 e. The van der Waals surface area contributed by atoms with Crippen LogP contribution in [0.2, 0.25) is 0 Å². The van der Waals surface area contributed by atoms with E-state index < -0.39 is 28.2 Å². The van der Waals surface area contributed by atoms with E-state index in [4.69, 9.17) is 4.74 Å². The minimum absolute atomic E-state index is 0.0892. The molecule has 2 aromatic rings. The molecule has 8 heteroatoms. The van der Waals surface area contributed by atoms with Gasteiger partial charge < -0.3 is 9.64 Å². The second-order valence-electron chi connectivity index (χ2n) is 9.13. The topological polar surface area (TPSA) is 75.7 Å². The Labute approximate surface area is 187 Å². The molecule has 2 heterocycles. The number of nitrogens with one attached hydrogen (secondary N) is 1. The minimum Gasteiger partial charge on any atom is -0.368 e. The summed E-state index contributed by atoms with van der Waals surface area (Å²) in [6.45, 7) is 1.05. The number of halogens is 1. The van der Waals surface area contributed by atoms with E-state index in [2.05, 4.69) is 10.8 Å². The molecule has 3 aliphatic rings. The van der Waals surface area contributed by atoms with E-state index in [9.17, 15) is 17.6 Å². The largest absolute Gasteiger partial charge is 0.368 e. The van der Waals surface area contributed by atoms with Gasteiger partial charge in [0, 0.05) is 24.4 Å². The molecule has 0 unspecified atom stereocenters. The highest BCUT2D eigenvalue weighted by molar-refractivity contribution is 7.89. The molecule has 170 valence electrons. The van der Waals surface area contributed by atoms with Gasteiger partial charge in [-0.1, -0.05) is 54.6 Å². The number of hydrogen-bond donors (Lipinski definition) is 1. The third-order valence-electron chi connectivity index (χ3n) is 7.01. The van der Waals surface area contributed by atoms with Crippen LogP contribution in [0.15, 0.2) is 54.6 Å². The molecule has 0 aromatic heterocycles. The third kappa shape index (κ3) is 4.07. The lowest BCUT2D eigenvalue weighted by molar-refractivity contribution is -0.157. The maximum absolute atomic E-state index is 13.2. The Kier molecular flexibility index (Phi) is 5.55. The summed E-state index contributed by atoms with van der Waals surface area (Å²) < 4.78 is 45.6. The van der Waals surface area contributed by atoms with Gasteiger partial charge in [-0.2, -0.15) is 0 Å². The van der Waals surface area contributed by atoms with Crippen LogP contribution in [-0.2, 0) is 26.0 Å². The Morgan fingerprint density at radius 3 is 2.47 bits per heavy atom. The molecular weight excluding hydrogens is 431 g/mol. The number of likely N-dealkylation sites (tertiary alicyclic amines) is 1. The second-order valence-corrected chi connectivity index (χ2v) is 10.8. The Morgan fingerprint density at radius 1 is 1.12 bits per heavy atom. The first-order valence-electron chi connectivity index (χ1n) is 11.0. The molecule has 32 heavy (non-hydrogen) atoms. The zero-order valence-corrected chi connectivity index (χ0v) is 18.6. The van der Waals surface area contributed by atoms with Gasteiger partial charge in [0.2, 0.25) is 16.0 Å². The fourth-order valence-corrected chi connectivity index (χ4v) is 5.89. The Bertz CT molecular complexity index is 1100. The van der Waals surface area contributed by atoms with E-state index in [-0.39, 0.29) is 17.4 Å². The van der Waals surface area contributed by atoms with Gasteiger partial charge in [0.15, 0.2) is 0 Å². The van der Waals surface area contributed by atoms with Gasteiger partial charge in [-0.15, -0.1) is 0 Å². The zero-order valence-electron chi connectivity index (χ0n) is 17.7. The van der Waals surface area contributed by atoms with Crippen LogP contribution in [0, 0.1) is 5.41 Å². The highest BCUT2D eigenvalue weighted by Crippen LogP contribution is 2.55. The summed E-state index contributed by atoms with van der Waals surface area (Å²) in [5.74, 6) is -0.0892. The summed E-state index contributed by atoms with van der Waals surface area (Å²) in [7, 11) is -4.06. The van der Waals surface area contributed by atoms with Crippen molar-refractivity contribution < 1.29 is 22.3 Å². The zero-order chi connectivity index (χ0) is 22.3. The highest BCUT2D eigenvalue weighted by atomic mass is 32.2. The van der Waals surface area contributed by atoms with Gasteiger partial charge in [-0.3, -0.25) is 4.79 Å². The predicted molar refractivity (Wildman–Crippen MR) is 119 cm³/mol. The Balaban J connectivity index is 1.47. The molecule has 1 saturated carbocycles. The van der Waals surface area contributed by atoms with Crippen molar-refractivity contribution in [1.82, 2.24) is 9.62 Å². The number of sulfonamides is 1. The number of alkyl halides is 1. The van der Waals surface area contributed by atoms with Gasteiger partial charge in [0.05, 0.1) is 12.6 Å². The predicted octanol–water partition coefficient (Wildman–Crippen LogP) is 2.89. The van der Waals surface area contributed by atoms with E-state index in [1.807, 2.05) is 48.5 Å². The molecule has 0 radical (unpaired) electrons. The van der Waals surface area contributed by atoms with Crippen LogP contribution in [0.4, 0.5) is 4.39 Å². The van der Waals surface area contributed by atoms with E-state index in [1.165, 1.54) is 0 Å². The summed E-state index contributed by atoms with van der Waals surface area (Å²) in [5, 5.41) is 0. The van der Waals surface area contributed by atoms with Crippen molar-refractivity contribution in [1.29, 1.82) is 0 Å². The van der Waals surface area contributed by atoms with Gasteiger partial charge in [0.1, 0.15) is 6.10 Å². The molecular formula is C24H27FN2O4S. The molecule has 1 N–H and O–H groups in total. The third-order valence-corrected chi connectivity index (χ3v) is 7.91. The molecule has 2 aliphatic heterocycles. The number of ether oxygens (including phenoxy) is 1. The van der Waals surface area contributed by atoms with Crippen LogP contribution in [0.1, 0.15) is 24.8 Å². The fraction of sp³-hybridized carbons (Fsp3) is 0.458. The van der Waals surface area contributed by atoms with E-state index in [0.717, 1.165) is 29.5 Å². The molecule has 1 aliphatic carbocycles. The summed E-state index contributed by atoms with van der Waals surface area (Å²) in [6, 6.07) is 15.7. The number of rotatable bonds is 7. The monoisotopic (exact) mass is 458 g/mol. The lowest BCUT2D eigenvalue weighted by atomic mass is 9.91. The van der Waals surface area contributed by atoms with Crippen molar-refractivity contribution in [3.05, 3.63) is 60.2 Å². The van der Waals surface area contributed by atoms with Crippen LogP contribution < -0.4 is 4.72 Å². The average Bonchev–Trinajstić information content (AvgIpc) is 3.49. The van der Waals surface area contributed by atoms with Crippen molar-refractivity contribution in [2.45, 2.75) is 43.9 Å². The summed E-state index contributed by atoms with van der Waals surface area (Å²) in [5.41, 5.74) is 2.84. The highest BCUT2D eigenvalue weighted by Gasteiger charge is 2.61. The van der Waals surface area contributed by atoms with E-state index in [1.54, 1.807) is 4.90 Å². The second kappa shape index (κ2) is 8.24. The summed E-state index contributed by atoms with van der Waals surface area (Å²) >= 11 is 0. The van der Waals surface area contributed by atoms with Gasteiger partial charge in [-0.25, -0.2) is 17.5 Å². The normalized spacial score (nSPS) is 26.2.